The van der Waals surface area contributed by atoms with Gasteiger partial charge in [-0.3, -0.25) is 0 Å². The van der Waals surface area contributed by atoms with Gasteiger partial charge in [-0.05, 0) is 24.0 Å². The summed E-state index contributed by atoms with van der Waals surface area (Å²) in [7, 11) is 11.0. The van der Waals surface area contributed by atoms with Gasteiger partial charge in [-0.25, -0.2) is 0 Å². The Hall–Kier alpha value is -2.22. The van der Waals surface area contributed by atoms with Crippen LogP contribution in [-0.4, -0.2) is 9.52 Å². The average molecular weight is 771 g/mol. The molecule has 0 heterocycles. The van der Waals surface area contributed by atoms with Crippen molar-refractivity contribution in [2.75, 3.05) is 0 Å². The first-order valence-corrected chi connectivity index (χ1v) is 25.9. The summed E-state index contributed by atoms with van der Waals surface area (Å²) in [5.41, 5.74) is 8.31. The Kier molecular flexibility index (Phi) is 20.1. The maximum absolute atomic E-state index is 4.93. The molecule has 0 amide bonds. The van der Waals surface area contributed by atoms with Crippen molar-refractivity contribution < 1.29 is 20.8 Å². The van der Waals surface area contributed by atoms with Gasteiger partial charge in [0.1, 0.15) is 0 Å². The molecule has 0 N–H and O–H groups in total. The van der Waals surface area contributed by atoms with Crippen molar-refractivity contribution in [3.05, 3.63) is 132 Å². The number of rotatable bonds is 12. The molecule has 6 rings (SSSR count). The van der Waals surface area contributed by atoms with Crippen molar-refractivity contribution in [1.29, 1.82) is 0 Å². The predicted molar refractivity (Wildman–Crippen MR) is 215 cm³/mol. The average Bonchev–Trinajstić information content (AvgIpc) is 3.74. The van der Waals surface area contributed by atoms with Gasteiger partial charge < -0.3 is 0 Å². The summed E-state index contributed by atoms with van der Waals surface area (Å²) in [5, 5.41) is 5.55. The molecule has 2 radical (unpaired) electrons. The first-order chi connectivity index (χ1) is 23.6. The molecule has 4 heteroatoms. The Morgan fingerprint density at radius 1 is 0.521 bits per heavy atom. The van der Waals surface area contributed by atoms with E-state index in [1.54, 1.807) is 0 Å². The molecule has 48 heavy (non-hydrogen) atoms. The third kappa shape index (κ3) is 13.2. The van der Waals surface area contributed by atoms with E-state index in [0.29, 0.717) is 0 Å². The summed E-state index contributed by atoms with van der Waals surface area (Å²) in [6.07, 6.45) is 13.1. The standard InChI is InChI=1S/2C21H23.C2H6Si.2ClH.Zr/c2*1-2-3-4-6-10-17-15-19-13-9-14-20(21(19)16-17)18-11-7-5-8-12-18;1-3-2;;;/h2*5,7-9,11-16H,2-4,6,10H2,1H3;1-2H3;2*1H;/q2*-1;;;;+4/p-2. The normalized spacial score (nSPS) is 10.3. The molecule has 0 unspecified atom stereocenters. The van der Waals surface area contributed by atoms with Gasteiger partial charge in [0.15, 0.2) is 0 Å². The van der Waals surface area contributed by atoms with Crippen molar-refractivity contribution in [1.82, 2.24) is 0 Å². The fraction of sp³-hybridized carbons (Fsp3) is 0.318. The van der Waals surface area contributed by atoms with Crippen LogP contribution in [0.1, 0.15) is 76.3 Å². The summed E-state index contributed by atoms with van der Waals surface area (Å²) < 4.78 is 0. The summed E-state index contributed by atoms with van der Waals surface area (Å²) in [6, 6.07) is 44.2. The van der Waals surface area contributed by atoms with Crippen LogP contribution in [0.15, 0.2) is 121 Å². The van der Waals surface area contributed by atoms with Crippen LogP contribution in [-0.2, 0) is 33.7 Å². The van der Waals surface area contributed by atoms with Crippen LogP contribution in [0.2, 0.25) is 13.1 Å². The van der Waals surface area contributed by atoms with Crippen molar-refractivity contribution in [3.63, 3.8) is 0 Å². The van der Waals surface area contributed by atoms with E-state index in [1.807, 2.05) is 0 Å². The molecular weight excluding hydrogens is 719 g/mol. The van der Waals surface area contributed by atoms with Crippen LogP contribution in [0.4, 0.5) is 0 Å². The van der Waals surface area contributed by atoms with E-state index in [4.69, 9.17) is 17.0 Å². The second-order valence-electron chi connectivity index (χ2n) is 12.3. The predicted octanol–water partition coefficient (Wildman–Crippen LogP) is 14.9. The third-order valence-corrected chi connectivity index (χ3v) is 8.43. The second-order valence-corrected chi connectivity index (χ2v) is 17.0. The van der Waals surface area contributed by atoms with E-state index in [2.05, 4.69) is 148 Å². The number of unbranched alkanes of at least 4 members (excludes halogenated alkanes) is 6. The number of fused-ring (bicyclic) bond motifs is 2. The summed E-state index contributed by atoms with van der Waals surface area (Å²) >= 11 is -0.826. The fourth-order valence-electron chi connectivity index (χ4n) is 6.13. The first-order valence-electron chi connectivity index (χ1n) is 17.6. The van der Waals surface area contributed by atoms with Crippen molar-refractivity contribution in [2.24, 2.45) is 0 Å². The SMILES string of the molecule is CCCCCCc1cc2c(-c3ccccc3)cccc2[cH-]1.CCCCCCc1cc2c(-c3ccccc3)cccc2[cH-]1.C[Si]C.[Cl][Zr+2][Cl]. The quantitative estimate of drug-likeness (QED) is 0.0660. The van der Waals surface area contributed by atoms with Crippen LogP contribution in [0, 0.1) is 0 Å². The maximum atomic E-state index is 4.93. The molecule has 0 saturated heterocycles. The van der Waals surface area contributed by atoms with Crippen molar-refractivity contribution in [2.45, 2.75) is 91.1 Å². The van der Waals surface area contributed by atoms with E-state index in [0.717, 1.165) is 9.52 Å². The van der Waals surface area contributed by atoms with Gasteiger partial charge in [-0.15, -0.1) is 69.1 Å². The Labute approximate surface area is 312 Å². The van der Waals surface area contributed by atoms with Crippen LogP contribution in [0.5, 0.6) is 0 Å². The van der Waals surface area contributed by atoms with Gasteiger partial charge in [-0.2, -0.15) is 12.1 Å². The summed E-state index contributed by atoms with van der Waals surface area (Å²) in [5.74, 6) is 0. The second kappa shape index (κ2) is 24.0. The first kappa shape index (κ1) is 40.2. The summed E-state index contributed by atoms with van der Waals surface area (Å²) in [4.78, 5) is 0. The minimum absolute atomic E-state index is 0.826. The van der Waals surface area contributed by atoms with Crippen molar-refractivity contribution in [3.8, 4) is 22.3 Å². The molecule has 6 aromatic rings. The Bertz CT molecular complexity index is 1560. The zero-order valence-electron chi connectivity index (χ0n) is 29.4. The van der Waals surface area contributed by atoms with Gasteiger partial charge >= 0.3 is 37.9 Å². The van der Waals surface area contributed by atoms with Crippen LogP contribution < -0.4 is 0 Å². The van der Waals surface area contributed by atoms with E-state index in [9.17, 15) is 0 Å². The summed E-state index contributed by atoms with van der Waals surface area (Å²) in [6.45, 7) is 8.84. The molecule has 0 bridgehead atoms. The molecule has 0 nitrogen and oxygen atoms in total. The molecule has 0 aliphatic rings. The molecule has 0 spiro atoms. The molecular formula is C44H52Cl2SiZr. The molecule has 250 valence electrons. The fourth-order valence-corrected chi connectivity index (χ4v) is 6.13. The Morgan fingerprint density at radius 2 is 0.896 bits per heavy atom. The molecule has 0 aliphatic heterocycles. The van der Waals surface area contributed by atoms with Gasteiger partial charge in [0, 0.05) is 9.52 Å². The minimum atomic E-state index is -0.826. The van der Waals surface area contributed by atoms with E-state index in [1.165, 1.54) is 119 Å². The topological polar surface area (TPSA) is 0 Å². The molecule has 0 aromatic heterocycles. The molecule has 0 fully saturated rings. The third-order valence-electron chi connectivity index (χ3n) is 8.43. The van der Waals surface area contributed by atoms with Crippen LogP contribution in [0.25, 0.3) is 43.8 Å². The molecule has 0 saturated carbocycles. The van der Waals surface area contributed by atoms with Gasteiger partial charge in [0.2, 0.25) is 0 Å². The molecule has 0 atom stereocenters. The van der Waals surface area contributed by atoms with Gasteiger partial charge in [0.05, 0.1) is 0 Å². The Balaban J connectivity index is 0.000000224. The van der Waals surface area contributed by atoms with E-state index >= 15 is 0 Å². The molecule has 0 aliphatic carbocycles. The Morgan fingerprint density at radius 3 is 1.25 bits per heavy atom. The zero-order chi connectivity index (χ0) is 34.4. The number of hydrogen-bond donors (Lipinski definition) is 0. The van der Waals surface area contributed by atoms with Gasteiger partial charge in [0.25, 0.3) is 0 Å². The zero-order valence-corrected chi connectivity index (χ0v) is 34.3. The van der Waals surface area contributed by atoms with E-state index < -0.39 is 20.8 Å². The number of benzene rings is 4. The van der Waals surface area contributed by atoms with Crippen molar-refractivity contribution >= 4 is 48.1 Å². The monoisotopic (exact) mass is 768 g/mol. The van der Waals surface area contributed by atoms with Crippen LogP contribution >= 0.6 is 17.0 Å². The molecule has 6 aromatic carbocycles. The number of aryl methyl sites for hydroxylation is 2. The number of halogens is 2. The van der Waals surface area contributed by atoms with Gasteiger partial charge in [-0.1, -0.05) is 162 Å². The number of hydrogen-bond acceptors (Lipinski definition) is 0. The van der Waals surface area contributed by atoms with E-state index in [-0.39, 0.29) is 0 Å². The van der Waals surface area contributed by atoms with Crippen LogP contribution in [0.3, 0.4) is 0 Å².